The summed E-state index contributed by atoms with van der Waals surface area (Å²) < 4.78 is 10.9. The van der Waals surface area contributed by atoms with E-state index >= 15 is 0 Å². The van der Waals surface area contributed by atoms with Crippen molar-refractivity contribution in [2.24, 2.45) is 4.99 Å². The zero-order chi connectivity index (χ0) is 24.9. The van der Waals surface area contributed by atoms with E-state index in [9.17, 15) is 19.7 Å². The maximum atomic E-state index is 13.3. The van der Waals surface area contributed by atoms with Crippen molar-refractivity contribution in [3.8, 4) is 5.75 Å². The Morgan fingerprint density at radius 2 is 2.17 bits per heavy atom. The molecule has 2 aliphatic heterocycles. The largest absolute Gasteiger partial charge is 0.495 e. The second-order valence-corrected chi connectivity index (χ2v) is 9.49. The molecule has 11 heteroatoms. The molecular formula is C24H26N4O6S. The van der Waals surface area contributed by atoms with Crippen molar-refractivity contribution < 1.29 is 24.0 Å². The number of benzene rings is 2. The number of nitro groups is 1. The molecule has 10 nitrogen and oxygen atoms in total. The summed E-state index contributed by atoms with van der Waals surface area (Å²) in [6, 6.07) is 11.6. The molecule has 2 fully saturated rings. The summed E-state index contributed by atoms with van der Waals surface area (Å²) in [7, 11) is 1.41. The van der Waals surface area contributed by atoms with Crippen LogP contribution in [-0.2, 0) is 14.3 Å². The van der Waals surface area contributed by atoms with Crippen LogP contribution < -0.4 is 10.1 Å². The van der Waals surface area contributed by atoms with Crippen LogP contribution in [0.15, 0.2) is 47.5 Å². The molecule has 184 valence electrons. The SMILES string of the molecule is COc1ccc([N+](=O)[O-])cc1NC(=O)CC1SC(=Nc2cccc(C)c2)N(CC2CCCO2)C1=O. The van der Waals surface area contributed by atoms with Crippen LogP contribution in [-0.4, -0.2) is 58.4 Å². The number of methoxy groups -OCH3 is 1. The first-order valence-corrected chi connectivity index (χ1v) is 12.1. The highest BCUT2D eigenvalue weighted by Crippen LogP contribution is 2.34. The third-order valence-electron chi connectivity index (χ3n) is 5.70. The number of hydrogen-bond acceptors (Lipinski definition) is 8. The second kappa shape index (κ2) is 10.9. The van der Waals surface area contributed by atoms with Gasteiger partial charge < -0.3 is 14.8 Å². The molecule has 0 radical (unpaired) electrons. The molecule has 0 bridgehead atoms. The number of amidine groups is 1. The first-order chi connectivity index (χ1) is 16.8. The van der Waals surface area contributed by atoms with Crippen molar-refractivity contribution in [2.45, 2.75) is 37.5 Å². The van der Waals surface area contributed by atoms with Crippen molar-refractivity contribution in [1.29, 1.82) is 0 Å². The van der Waals surface area contributed by atoms with Gasteiger partial charge >= 0.3 is 0 Å². The number of aliphatic imine (C=N–C) groups is 1. The maximum absolute atomic E-state index is 13.3. The number of anilines is 1. The number of ether oxygens (including phenoxy) is 2. The van der Waals surface area contributed by atoms with Gasteiger partial charge in [-0.2, -0.15) is 0 Å². The average Bonchev–Trinajstić information content (AvgIpc) is 3.43. The lowest BCUT2D eigenvalue weighted by molar-refractivity contribution is -0.384. The summed E-state index contributed by atoms with van der Waals surface area (Å²) in [6.07, 6.45) is 1.62. The number of nitrogens with one attached hydrogen (secondary N) is 1. The van der Waals surface area contributed by atoms with Crippen molar-refractivity contribution in [1.82, 2.24) is 4.90 Å². The fourth-order valence-electron chi connectivity index (χ4n) is 3.97. The van der Waals surface area contributed by atoms with Gasteiger partial charge in [0.1, 0.15) is 11.0 Å². The zero-order valence-corrected chi connectivity index (χ0v) is 20.2. The van der Waals surface area contributed by atoms with E-state index in [0.29, 0.717) is 18.3 Å². The molecule has 2 unspecified atom stereocenters. The van der Waals surface area contributed by atoms with Crippen molar-refractivity contribution in [3.63, 3.8) is 0 Å². The van der Waals surface area contributed by atoms with E-state index in [1.54, 1.807) is 4.90 Å². The van der Waals surface area contributed by atoms with E-state index < -0.39 is 16.1 Å². The minimum Gasteiger partial charge on any atom is -0.495 e. The molecule has 0 spiro atoms. The number of thioether (sulfide) groups is 1. The number of nitro benzene ring substituents is 1. The summed E-state index contributed by atoms with van der Waals surface area (Å²) in [5.41, 5.74) is 1.77. The third kappa shape index (κ3) is 5.98. The van der Waals surface area contributed by atoms with Crippen LogP contribution in [0.1, 0.15) is 24.8 Å². The first-order valence-electron chi connectivity index (χ1n) is 11.2. The fraction of sp³-hybridized carbons (Fsp3) is 0.375. The Morgan fingerprint density at radius 3 is 2.86 bits per heavy atom. The number of carbonyl (C=O) groups excluding carboxylic acids is 2. The Morgan fingerprint density at radius 1 is 1.34 bits per heavy atom. The van der Waals surface area contributed by atoms with E-state index in [4.69, 9.17) is 14.5 Å². The Bertz CT molecular complexity index is 1160. The number of carbonyl (C=O) groups is 2. The third-order valence-corrected chi connectivity index (χ3v) is 6.87. The molecule has 2 atom stereocenters. The standard InChI is InChI=1S/C24H26N4O6S/c1-15-5-3-6-16(11-15)25-24-27(14-18-7-4-10-34-18)23(30)21(35-24)13-22(29)26-19-12-17(28(31)32)8-9-20(19)33-2/h3,5-6,8-9,11-12,18,21H,4,7,10,13-14H2,1-2H3,(H,26,29). The van der Waals surface area contributed by atoms with E-state index in [1.807, 2.05) is 31.2 Å². The van der Waals surface area contributed by atoms with E-state index in [1.165, 1.54) is 37.1 Å². The van der Waals surface area contributed by atoms with Gasteiger partial charge in [0.25, 0.3) is 5.69 Å². The smallest absolute Gasteiger partial charge is 0.271 e. The number of aryl methyl sites for hydroxylation is 1. The van der Waals surface area contributed by atoms with E-state index in [2.05, 4.69) is 5.32 Å². The normalized spacial score (nSPS) is 20.9. The molecule has 0 aromatic heterocycles. The molecule has 2 saturated heterocycles. The second-order valence-electron chi connectivity index (χ2n) is 8.32. The van der Waals surface area contributed by atoms with Gasteiger partial charge in [-0.1, -0.05) is 23.9 Å². The van der Waals surface area contributed by atoms with Gasteiger partial charge in [-0.05, 0) is 43.5 Å². The highest BCUT2D eigenvalue weighted by atomic mass is 32.2. The van der Waals surface area contributed by atoms with E-state index in [0.717, 1.165) is 24.1 Å². The molecule has 2 heterocycles. The van der Waals surface area contributed by atoms with Crippen LogP contribution in [0.5, 0.6) is 5.75 Å². The van der Waals surface area contributed by atoms with Crippen molar-refractivity contribution in [3.05, 3.63) is 58.1 Å². The van der Waals surface area contributed by atoms with Gasteiger partial charge in [0.2, 0.25) is 11.8 Å². The lowest BCUT2D eigenvalue weighted by Crippen LogP contribution is -2.38. The molecule has 1 N–H and O–H groups in total. The van der Waals surface area contributed by atoms with Gasteiger partial charge in [-0.15, -0.1) is 0 Å². The molecule has 35 heavy (non-hydrogen) atoms. The van der Waals surface area contributed by atoms with Crippen LogP contribution in [0, 0.1) is 17.0 Å². The quantitative estimate of drug-likeness (QED) is 0.430. The monoisotopic (exact) mass is 498 g/mol. The molecule has 2 aromatic rings. The maximum Gasteiger partial charge on any atom is 0.271 e. The minimum atomic E-state index is -0.676. The Hall–Kier alpha value is -3.44. The highest BCUT2D eigenvalue weighted by Gasteiger charge is 2.40. The Balaban J connectivity index is 1.52. The number of non-ortho nitro benzene ring substituents is 1. The van der Waals surface area contributed by atoms with Gasteiger partial charge in [-0.25, -0.2) is 4.99 Å². The Labute approximate surface area is 206 Å². The molecular weight excluding hydrogens is 472 g/mol. The van der Waals surface area contributed by atoms with Gasteiger partial charge in [-0.3, -0.25) is 24.6 Å². The fourth-order valence-corrected chi connectivity index (χ4v) is 5.14. The van der Waals surface area contributed by atoms with Crippen LogP contribution in [0.2, 0.25) is 0 Å². The number of rotatable bonds is 8. The molecule has 0 aliphatic carbocycles. The molecule has 2 aliphatic rings. The molecule has 0 saturated carbocycles. The topological polar surface area (TPSA) is 123 Å². The minimum absolute atomic E-state index is 0.0658. The highest BCUT2D eigenvalue weighted by molar-refractivity contribution is 8.15. The number of nitrogens with zero attached hydrogens (tertiary/aromatic N) is 3. The summed E-state index contributed by atoms with van der Waals surface area (Å²) >= 11 is 1.24. The summed E-state index contributed by atoms with van der Waals surface area (Å²) in [4.78, 5) is 43.0. The number of hydrogen-bond donors (Lipinski definition) is 1. The lowest BCUT2D eigenvalue weighted by atomic mass is 10.2. The van der Waals surface area contributed by atoms with Crippen LogP contribution in [0.25, 0.3) is 0 Å². The number of amides is 2. The van der Waals surface area contributed by atoms with Gasteiger partial charge in [0, 0.05) is 25.2 Å². The van der Waals surface area contributed by atoms with Crippen LogP contribution in [0.4, 0.5) is 17.1 Å². The predicted molar refractivity (Wildman–Crippen MR) is 133 cm³/mol. The van der Waals surface area contributed by atoms with Gasteiger partial charge in [0.15, 0.2) is 5.17 Å². The van der Waals surface area contributed by atoms with E-state index in [-0.39, 0.29) is 35.6 Å². The Kier molecular flexibility index (Phi) is 7.67. The lowest BCUT2D eigenvalue weighted by Gasteiger charge is -2.20. The summed E-state index contributed by atoms with van der Waals surface area (Å²) in [6.45, 7) is 3.02. The predicted octanol–water partition coefficient (Wildman–Crippen LogP) is 4.05. The van der Waals surface area contributed by atoms with Gasteiger partial charge in [0.05, 0.1) is 36.1 Å². The molecule has 4 rings (SSSR count). The molecule has 2 amide bonds. The average molecular weight is 499 g/mol. The summed E-state index contributed by atoms with van der Waals surface area (Å²) in [5, 5.41) is 13.6. The van der Waals surface area contributed by atoms with Crippen LogP contribution in [0.3, 0.4) is 0 Å². The summed E-state index contributed by atoms with van der Waals surface area (Å²) in [5.74, 6) is -0.377. The van der Waals surface area contributed by atoms with Crippen molar-refractivity contribution in [2.75, 3.05) is 25.6 Å². The first kappa shape index (κ1) is 24.7. The zero-order valence-electron chi connectivity index (χ0n) is 19.4. The molecule has 2 aromatic carbocycles. The van der Waals surface area contributed by atoms with Crippen molar-refractivity contribution >= 4 is 45.8 Å². The van der Waals surface area contributed by atoms with Crippen LogP contribution >= 0.6 is 11.8 Å².